The van der Waals surface area contributed by atoms with E-state index in [0.717, 1.165) is 30.3 Å². The van der Waals surface area contributed by atoms with E-state index in [9.17, 15) is 0 Å². The SMILES string of the molecule is CN(C)CCNc1nc(Nc2cc(Cl)ccc2Cl)cc(C2CC2)n1. The molecule has 1 saturated carbocycles. The van der Waals surface area contributed by atoms with Gasteiger partial charge in [0.15, 0.2) is 0 Å². The highest BCUT2D eigenvalue weighted by molar-refractivity contribution is 6.35. The molecule has 0 amide bonds. The monoisotopic (exact) mass is 365 g/mol. The quantitative estimate of drug-likeness (QED) is 0.762. The first kappa shape index (κ1) is 17.3. The van der Waals surface area contributed by atoms with E-state index < -0.39 is 0 Å². The largest absolute Gasteiger partial charge is 0.353 e. The molecule has 0 atom stereocenters. The smallest absolute Gasteiger partial charge is 0.224 e. The first-order valence-electron chi connectivity index (χ1n) is 8.01. The Morgan fingerprint density at radius 3 is 2.67 bits per heavy atom. The lowest BCUT2D eigenvalue weighted by atomic mass is 10.2. The van der Waals surface area contributed by atoms with Crippen molar-refractivity contribution in [2.75, 3.05) is 37.8 Å². The summed E-state index contributed by atoms with van der Waals surface area (Å²) in [6.45, 7) is 1.71. The van der Waals surface area contributed by atoms with Crippen molar-refractivity contribution in [3.63, 3.8) is 0 Å². The van der Waals surface area contributed by atoms with Crippen molar-refractivity contribution >= 4 is 40.7 Å². The topological polar surface area (TPSA) is 53.1 Å². The van der Waals surface area contributed by atoms with Gasteiger partial charge in [-0.25, -0.2) is 4.98 Å². The van der Waals surface area contributed by atoms with E-state index in [4.69, 9.17) is 23.2 Å². The molecule has 24 heavy (non-hydrogen) atoms. The van der Waals surface area contributed by atoms with Gasteiger partial charge in [-0.15, -0.1) is 0 Å². The fourth-order valence-corrected chi connectivity index (χ4v) is 2.66. The van der Waals surface area contributed by atoms with Crippen LogP contribution in [-0.2, 0) is 0 Å². The third kappa shape index (κ3) is 4.72. The summed E-state index contributed by atoms with van der Waals surface area (Å²) in [5, 5.41) is 7.78. The highest BCUT2D eigenvalue weighted by Gasteiger charge is 2.26. The van der Waals surface area contributed by atoms with Gasteiger partial charge in [-0.1, -0.05) is 23.2 Å². The zero-order valence-corrected chi connectivity index (χ0v) is 15.3. The van der Waals surface area contributed by atoms with Crippen LogP contribution in [0.1, 0.15) is 24.5 Å². The predicted molar refractivity (Wildman–Crippen MR) is 101 cm³/mol. The van der Waals surface area contributed by atoms with E-state index in [2.05, 4.69) is 25.5 Å². The number of nitrogens with zero attached hydrogens (tertiary/aromatic N) is 3. The van der Waals surface area contributed by atoms with Crippen molar-refractivity contribution < 1.29 is 0 Å². The summed E-state index contributed by atoms with van der Waals surface area (Å²) in [6.07, 6.45) is 2.37. The second kappa shape index (κ2) is 7.55. The Labute approximate surface area is 152 Å². The van der Waals surface area contributed by atoms with Gasteiger partial charge in [0, 0.05) is 30.1 Å². The van der Waals surface area contributed by atoms with Gasteiger partial charge in [-0.2, -0.15) is 4.98 Å². The van der Waals surface area contributed by atoms with Crippen LogP contribution in [0.25, 0.3) is 0 Å². The van der Waals surface area contributed by atoms with Crippen LogP contribution in [0, 0.1) is 0 Å². The average Bonchev–Trinajstić information content (AvgIpc) is 3.35. The van der Waals surface area contributed by atoms with Crippen molar-refractivity contribution in [1.29, 1.82) is 0 Å². The number of likely N-dealkylation sites (N-methyl/N-ethyl adjacent to an activating group) is 1. The molecule has 0 radical (unpaired) electrons. The van der Waals surface area contributed by atoms with Gasteiger partial charge in [0.2, 0.25) is 5.95 Å². The molecule has 1 aromatic carbocycles. The predicted octanol–water partition coefficient (Wildman–Crippen LogP) is 4.38. The van der Waals surface area contributed by atoms with Gasteiger partial charge in [0.25, 0.3) is 0 Å². The molecule has 3 rings (SSSR count). The minimum atomic E-state index is 0.540. The molecule has 2 aromatic rings. The summed E-state index contributed by atoms with van der Waals surface area (Å²) < 4.78 is 0. The summed E-state index contributed by atoms with van der Waals surface area (Å²) in [7, 11) is 4.08. The Balaban J connectivity index is 1.80. The lowest BCUT2D eigenvalue weighted by molar-refractivity contribution is 0.425. The molecule has 2 N–H and O–H groups in total. The third-order valence-electron chi connectivity index (χ3n) is 3.77. The molecule has 0 aliphatic heterocycles. The van der Waals surface area contributed by atoms with E-state index in [1.54, 1.807) is 18.2 Å². The first-order valence-corrected chi connectivity index (χ1v) is 8.76. The highest BCUT2D eigenvalue weighted by atomic mass is 35.5. The van der Waals surface area contributed by atoms with Gasteiger partial charge >= 0.3 is 0 Å². The molecule has 1 aliphatic rings. The van der Waals surface area contributed by atoms with Crippen LogP contribution in [0.5, 0.6) is 0 Å². The number of rotatable bonds is 7. The second-order valence-electron chi connectivity index (χ2n) is 6.26. The Morgan fingerprint density at radius 1 is 1.17 bits per heavy atom. The van der Waals surface area contributed by atoms with Crippen LogP contribution in [0.4, 0.5) is 17.5 Å². The third-order valence-corrected chi connectivity index (χ3v) is 4.34. The summed E-state index contributed by atoms with van der Waals surface area (Å²) >= 11 is 12.3. The molecule has 0 bridgehead atoms. The highest BCUT2D eigenvalue weighted by Crippen LogP contribution is 2.40. The molecular formula is C17H21Cl2N5. The molecule has 1 fully saturated rings. The summed E-state index contributed by atoms with van der Waals surface area (Å²) in [5.74, 6) is 1.91. The van der Waals surface area contributed by atoms with E-state index in [1.807, 2.05) is 20.2 Å². The lowest BCUT2D eigenvalue weighted by Crippen LogP contribution is -2.21. The molecule has 7 heteroatoms. The fraction of sp³-hybridized carbons (Fsp3) is 0.412. The van der Waals surface area contributed by atoms with Gasteiger partial charge < -0.3 is 15.5 Å². The van der Waals surface area contributed by atoms with Crippen LogP contribution < -0.4 is 10.6 Å². The number of anilines is 3. The number of aromatic nitrogens is 2. The van der Waals surface area contributed by atoms with Crippen molar-refractivity contribution in [3.8, 4) is 0 Å². The Kier molecular flexibility index (Phi) is 5.43. The van der Waals surface area contributed by atoms with Gasteiger partial charge in [-0.3, -0.25) is 0 Å². The zero-order valence-electron chi connectivity index (χ0n) is 13.8. The fourth-order valence-electron chi connectivity index (χ4n) is 2.32. The van der Waals surface area contributed by atoms with E-state index in [1.165, 1.54) is 12.8 Å². The van der Waals surface area contributed by atoms with Crippen LogP contribution >= 0.6 is 23.2 Å². The molecule has 128 valence electrons. The summed E-state index contributed by atoms with van der Waals surface area (Å²) in [6, 6.07) is 7.32. The van der Waals surface area contributed by atoms with Crippen LogP contribution in [0.15, 0.2) is 24.3 Å². The maximum Gasteiger partial charge on any atom is 0.224 e. The molecule has 1 heterocycles. The normalized spacial score (nSPS) is 14.0. The molecule has 1 aromatic heterocycles. The van der Waals surface area contributed by atoms with E-state index in [-0.39, 0.29) is 0 Å². The molecule has 1 aliphatic carbocycles. The van der Waals surface area contributed by atoms with Crippen LogP contribution in [0.3, 0.4) is 0 Å². The standard InChI is InChI=1S/C17H21Cl2N5/c1-24(2)8-7-20-17-22-14(11-3-4-11)10-16(23-17)21-15-9-12(18)5-6-13(15)19/h5-6,9-11H,3-4,7-8H2,1-2H3,(H2,20,21,22,23). The maximum atomic E-state index is 6.23. The Morgan fingerprint density at radius 2 is 1.96 bits per heavy atom. The van der Waals surface area contributed by atoms with Crippen molar-refractivity contribution in [2.45, 2.75) is 18.8 Å². The number of hydrogen-bond donors (Lipinski definition) is 2. The van der Waals surface area contributed by atoms with Gasteiger partial charge in [-0.05, 0) is 45.1 Å². The van der Waals surface area contributed by atoms with Crippen LogP contribution in [0.2, 0.25) is 10.0 Å². The summed E-state index contributed by atoms with van der Waals surface area (Å²) in [4.78, 5) is 11.3. The maximum absolute atomic E-state index is 6.23. The van der Waals surface area contributed by atoms with Crippen LogP contribution in [-0.4, -0.2) is 42.1 Å². The zero-order chi connectivity index (χ0) is 17.1. The molecule has 0 unspecified atom stereocenters. The van der Waals surface area contributed by atoms with Crippen molar-refractivity contribution in [1.82, 2.24) is 14.9 Å². The lowest BCUT2D eigenvalue weighted by Gasteiger charge is -2.13. The van der Waals surface area contributed by atoms with Crippen molar-refractivity contribution in [2.24, 2.45) is 0 Å². The Bertz CT molecular complexity index is 716. The average molecular weight is 366 g/mol. The second-order valence-corrected chi connectivity index (χ2v) is 7.10. The number of hydrogen-bond acceptors (Lipinski definition) is 5. The Hall–Kier alpha value is -1.56. The molecule has 0 saturated heterocycles. The van der Waals surface area contributed by atoms with E-state index in [0.29, 0.717) is 21.9 Å². The number of benzene rings is 1. The van der Waals surface area contributed by atoms with Crippen molar-refractivity contribution in [3.05, 3.63) is 40.0 Å². The number of nitrogens with one attached hydrogen (secondary N) is 2. The van der Waals surface area contributed by atoms with E-state index >= 15 is 0 Å². The molecule has 0 spiro atoms. The molecular weight excluding hydrogens is 345 g/mol. The molecule has 5 nitrogen and oxygen atoms in total. The number of halogens is 2. The minimum absolute atomic E-state index is 0.540. The van der Waals surface area contributed by atoms with Gasteiger partial charge in [0.05, 0.1) is 16.4 Å². The first-order chi connectivity index (χ1) is 11.5. The summed E-state index contributed by atoms with van der Waals surface area (Å²) in [5.41, 5.74) is 1.81. The minimum Gasteiger partial charge on any atom is -0.353 e. The van der Waals surface area contributed by atoms with Gasteiger partial charge in [0.1, 0.15) is 5.82 Å².